The first-order valence-corrected chi connectivity index (χ1v) is 7.03. The third-order valence-corrected chi connectivity index (χ3v) is 4.09. The average molecular weight is 295 g/mol. The number of carbonyl (C=O) groups excluding carboxylic acids is 1. The van der Waals surface area contributed by atoms with E-state index >= 15 is 0 Å². The number of halogens is 1. The van der Waals surface area contributed by atoms with Gasteiger partial charge in [-0.15, -0.1) is 11.3 Å². The number of likely N-dealkylation sites (N-methyl/N-ethyl adjacent to an activating group) is 1. The number of fused-ring (bicyclic) bond motifs is 1. The zero-order valence-electron chi connectivity index (χ0n) is 10.2. The maximum absolute atomic E-state index is 12.3. The lowest BCUT2D eigenvalue weighted by molar-refractivity contribution is -0.124. The molecule has 1 amide bonds. The number of anilines is 1. The molecule has 1 atom stereocenters. The molecule has 0 fully saturated rings. The number of amides is 1. The minimum absolute atomic E-state index is 0.0951. The van der Waals surface area contributed by atoms with E-state index < -0.39 is 6.10 Å². The van der Waals surface area contributed by atoms with Gasteiger partial charge in [-0.25, -0.2) is 4.98 Å². The fourth-order valence-electron chi connectivity index (χ4n) is 2.05. The van der Waals surface area contributed by atoms with E-state index in [9.17, 15) is 4.79 Å². The standard InChI is InChI=1S/C13H11ClN2O2S/c1-16(13-15-4-5-19-13)12(17)11-7-8-6-9(14)2-3-10(8)18-11/h2-6,11H,7H2,1H3/t11-/m1/s1. The molecule has 0 saturated carbocycles. The number of rotatable bonds is 2. The van der Waals surface area contributed by atoms with Gasteiger partial charge in [-0.3, -0.25) is 9.69 Å². The highest BCUT2D eigenvalue weighted by Gasteiger charge is 2.32. The summed E-state index contributed by atoms with van der Waals surface area (Å²) in [5.41, 5.74) is 0.971. The summed E-state index contributed by atoms with van der Waals surface area (Å²) in [6.45, 7) is 0. The molecule has 4 nitrogen and oxygen atoms in total. The molecule has 1 aromatic heterocycles. The van der Waals surface area contributed by atoms with Gasteiger partial charge in [0.1, 0.15) is 5.75 Å². The largest absolute Gasteiger partial charge is 0.480 e. The van der Waals surface area contributed by atoms with Crippen LogP contribution in [0.2, 0.25) is 5.02 Å². The topological polar surface area (TPSA) is 42.4 Å². The van der Waals surface area contributed by atoms with Crippen LogP contribution < -0.4 is 9.64 Å². The quantitative estimate of drug-likeness (QED) is 0.855. The number of hydrogen-bond acceptors (Lipinski definition) is 4. The van der Waals surface area contributed by atoms with E-state index in [2.05, 4.69) is 4.98 Å². The number of thiazole rings is 1. The molecule has 0 radical (unpaired) electrons. The van der Waals surface area contributed by atoms with Crippen LogP contribution in [0.1, 0.15) is 5.56 Å². The minimum atomic E-state index is -0.498. The van der Waals surface area contributed by atoms with Crippen LogP contribution in [-0.2, 0) is 11.2 Å². The van der Waals surface area contributed by atoms with Gasteiger partial charge in [0.15, 0.2) is 11.2 Å². The highest BCUT2D eigenvalue weighted by molar-refractivity contribution is 7.13. The smallest absolute Gasteiger partial charge is 0.269 e. The molecule has 0 saturated heterocycles. The van der Waals surface area contributed by atoms with Crippen molar-refractivity contribution in [3.05, 3.63) is 40.4 Å². The molecule has 0 aliphatic carbocycles. The Bertz CT molecular complexity index is 615. The van der Waals surface area contributed by atoms with Crippen molar-refractivity contribution >= 4 is 34.0 Å². The zero-order valence-corrected chi connectivity index (χ0v) is 11.7. The summed E-state index contributed by atoms with van der Waals surface area (Å²) in [6.07, 6.45) is 1.72. The highest BCUT2D eigenvalue weighted by Crippen LogP contribution is 2.32. The van der Waals surface area contributed by atoms with Crippen LogP contribution >= 0.6 is 22.9 Å². The van der Waals surface area contributed by atoms with Crippen molar-refractivity contribution in [3.63, 3.8) is 0 Å². The summed E-state index contributed by atoms with van der Waals surface area (Å²) in [7, 11) is 1.71. The summed E-state index contributed by atoms with van der Waals surface area (Å²) >= 11 is 7.36. The Balaban J connectivity index is 1.77. The fourth-order valence-corrected chi connectivity index (χ4v) is 2.85. The lowest BCUT2D eigenvalue weighted by Crippen LogP contribution is -2.38. The van der Waals surface area contributed by atoms with E-state index in [1.54, 1.807) is 25.4 Å². The molecule has 2 heterocycles. The third kappa shape index (κ3) is 2.31. The molecule has 2 aromatic rings. The minimum Gasteiger partial charge on any atom is -0.480 e. The molecule has 1 aliphatic rings. The molecule has 6 heteroatoms. The normalized spacial score (nSPS) is 16.8. The van der Waals surface area contributed by atoms with Crippen LogP contribution in [0.3, 0.4) is 0 Å². The Morgan fingerprint density at radius 2 is 2.42 bits per heavy atom. The first-order valence-electron chi connectivity index (χ1n) is 5.77. The van der Waals surface area contributed by atoms with E-state index in [4.69, 9.17) is 16.3 Å². The van der Waals surface area contributed by atoms with Crippen LogP contribution in [0.15, 0.2) is 29.8 Å². The second-order valence-electron chi connectivity index (χ2n) is 4.27. The summed E-state index contributed by atoms with van der Waals surface area (Å²) in [5, 5.41) is 3.16. The van der Waals surface area contributed by atoms with E-state index in [0.717, 1.165) is 11.3 Å². The van der Waals surface area contributed by atoms with Crippen molar-refractivity contribution in [1.29, 1.82) is 0 Å². The Morgan fingerprint density at radius 1 is 1.58 bits per heavy atom. The third-order valence-electron chi connectivity index (χ3n) is 3.01. The lowest BCUT2D eigenvalue weighted by atomic mass is 10.1. The molecular formula is C13H11ClN2O2S. The first kappa shape index (κ1) is 12.4. The SMILES string of the molecule is CN(C(=O)[C@H]1Cc2cc(Cl)ccc2O1)c1nccs1. The van der Waals surface area contributed by atoms with Crippen molar-refractivity contribution < 1.29 is 9.53 Å². The molecule has 98 valence electrons. The van der Waals surface area contributed by atoms with Crippen LogP contribution in [-0.4, -0.2) is 24.0 Å². The summed E-state index contributed by atoms with van der Waals surface area (Å²) in [5.74, 6) is 0.637. The summed E-state index contributed by atoms with van der Waals surface area (Å²) in [4.78, 5) is 18.0. The molecule has 0 bridgehead atoms. The zero-order chi connectivity index (χ0) is 13.4. The summed E-state index contributed by atoms with van der Waals surface area (Å²) in [6, 6.07) is 5.40. The Morgan fingerprint density at radius 3 is 3.16 bits per heavy atom. The second kappa shape index (κ2) is 4.83. The van der Waals surface area contributed by atoms with Gasteiger partial charge in [-0.2, -0.15) is 0 Å². The van der Waals surface area contributed by atoms with Crippen molar-refractivity contribution in [2.45, 2.75) is 12.5 Å². The van der Waals surface area contributed by atoms with Gasteiger partial charge < -0.3 is 4.74 Å². The van der Waals surface area contributed by atoms with Gasteiger partial charge in [-0.05, 0) is 23.8 Å². The van der Waals surface area contributed by atoms with Crippen molar-refractivity contribution in [2.75, 3.05) is 11.9 Å². The molecule has 0 N–H and O–H groups in total. The Labute approximate surface area is 119 Å². The van der Waals surface area contributed by atoms with Crippen LogP contribution in [0, 0.1) is 0 Å². The number of ether oxygens (including phenoxy) is 1. The molecule has 0 unspecified atom stereocenters. The maximum Gasteiger partial charge on any atom is 0.269 e. The molecule has 1 aliphatic heterocycles. The maximum atomic E-state index is 12.3. The molecule has 1 aromatic carbocycles. The highest BCUT2D eigenvalue weighted by atomic mass is 35.5. The number of benzene rings is 1. The van der Waals surface area contributed by atoms with Crippen molar-refractivity contribution in [1.82, 2.24) is 4.98 Å². The Hall–Kier alpha value is -1.59. The van der Waals surface area contributed by atoms with E-state index in [0.29, 0.717) is 16.6 Å². The molecular weight excluding hydrogens is 284 g/mol. The van der Waals surface area contributed by atoms with Crippen LogP contribution in [0.4, 0.5) is 5.13 Å². The van der Waals surface area contributed by atoms with E-state index in [1.807, 2.05) is 11.4 Å². The number of carbonyl (C=O) groups is 1. The first-order chi connectivity index (χ1) is 9.15. The number of nitrogens with zero attached hydrogens (tertiary/aromatic N) is 2. The van der Waals surface area contributed by atoms with E-state index in [-0.39, 0.29) is 5.91 Å². The van der Waals surface area contributed by atoms with Gasteiger partial charge >= 0.3 is 0 Å². The Kier molecular flexibility index (Phi) is 3.16. The number of aromatic nitrogens is 1. The van der Waals surface area contributed by atoms with Gasteiger partial charge in [0.25, 0.3) is 5.91 Å². The predicted molar refractivity (Wildman–Crippen MR) is 75.1 cm³/mol. The second-order valence-corrected chi connectivity index (χ2v) is 5.58. The van der Waals surface area contributed by atoms with Gasteiger partial charge in [-0.1, -0.05) is 11.6 Å². The van der Waals surface area contributed by atoms with Gasteiger partial charge in [0, 0.05) is 30.1 Å². The predicted octanol–water partition coefficient (Wildman–Crippen LogP) is 2.76. The summed E-state index contributed by atoms with van der Waals surface area (Å²) < 4.78 is 5.67. The van der Waals surface area contributed by atoms with Gasteiger partial charge in [0.05, 0.1) is 0 Å². The van der Waals surface area contributed by atoms with Crippen LogP contribution in [0.5, 0.6) is 5.75 Å². The van der Waals surface area contributed by atoms with Gasteiger partial charge in [0.2, 0.25) is 0 Å². The van der Waals surface area contributed by atoms with E-state index in [1.165, 1.54) is 16.2 Å². The monoisotopic (exact) mass is 294 g/mol. The average Bonchev–Trinajstić information content (AvgIpc) is 3.05. The van der Waals surface area contributed by atoms with Crippen LogP contribution in [0.25, 0.3) is 0 Å². The molecule has 3 rings (SSSR count). The lowest BCUT2D eigenvalue weighted by Gasteiger charge is -2.18. The molecule has 19 heavy (non-hydrogen) atoms. The van der Waals surface area contributed by atoms with Crippen molar-refractivity contribution in [3.8, 4) is 5.75 Å². The fraction of sp³-hybridized carbons (Fsp3) is 0.231. The molecule has 0 spiro atoms. The number of hydrogen-bond donors (Lipinski definition) is 0. The van der Waals surface area contributed by atoms with Crippen molar-refractivity contribution in [2.24, 2.45) is 0 Å².